The van der Waals surface area contributed by atoms with Gasteiger partial charge in [-0.25, -0.2) is 4.98 Å². The molecular weight excluding hydrogens is 239 g/mol. The number of nitrogens with zero attached hydrogens (tertiary/aromatic N) is 2. The normalized spacial score (nSPS) is 21.1. The number of carbonyl (C=O) groups is 1. The van der Waals surface area contributed by atoms with Gasteiger partial charge >= 0.3 is 0 Å². The van der Waals surface area contributed by atoms with E-state index in [1.165, 1.54) is 11.1 Å². The van der Waals surface area contributed by atoms with Crippen LogP contribution in [0.4, 0.5) is 5.69 Å². The maximum atomic E-state index is 11.5. The number of aromatic nitrogens is 1. The molecule has 0 bridgehead atoms. The average molecular weight is 247 g/mol. The Morgan fingerprint density at radius 3 is 2.80 bits per heavy atom. The van der Waals surface area contributed by atoms with Crippen molar-refractivity contribution >= 4 is 34.8 Å². The number of β-amino-alcohol motifs (C(OH)–C–C–N with tert-alkyl or cyclic N) is 1. The van der Waals surface area contributed by atoms with Gasteiger partial charge in [0.05, 0.1) is 24.1 Å². The molecule has 1 amide bonds. The molecule has 0 spiro atoms. The van der Waals surface area contributed by atoms with Gasteiger partial charge in [0, 0.05) is 6.20 Å². The van der Waals surface area contributed by atoms with Gasteiger partial charge in [0.15, 0.2) is 5.15 Å². The van der Waals surface area contributed by atoms with Gasteiger partial charge < -0.3 is 10.0 Å². The number of rotatable bonds is 1. The van der Waals surface area contributed by atoms with Gasteiger partial charge in [-0.05, 0) is 6.07 Å². The van der Waals surface area contributed by atoms with Crippen LogP contribution < -0.4 is 4.90 Å². The highest BCUT2D eigenvalue weighted by Crippen LogP contribution is 2.34. The van der Waals surface area contributed by atoms with Crippen LogP contribution in [0, 0.1) is 0 Å². The van der Waals surface area contributed by atoms with Crippen molar-refractivity contribution in [2.75, 3.05) is 11.4 Å². The second-order valence-electron chi connectivity index (χ2n) is 3.29. The molecule has 4 nitrogen and oxygen atoms in total. The predicted octanol–water partition coefficient (Wildman–Crippen LogP) is 1.49. The van der Waals surface area contributed by atoms with Crippen molar-refractivity contribution in [3.05, 3.63) is 22.4 Å². The van der Waals surface area contributed by atoms with E-state index in [2.05, 4.69) is 4.98 Å². The maximum Gasteiger partial charge on any atom is 0.229 e. The highest BCUT2D eigenvalue weighted by molar-refractivity contribution is 6.39. The molecule has 1 atom stereocenters. The summed E-state index contributed by atoms with van der Waals surface area (Å²) in [6.45, 7) is 0.212. The fourth-order valence-electron chi connectivity index (χ4n) is 1.55. The van der Waals surface area contributed by atoms with Crippen molar-refractivity contribution < 1.29 is 9.90 Å². The van der Waals surface area contributed by atoms with Gasteiger partial charge in [-0.1, -0.05) is 23.2 Å². The molecule has 2 rings (SSSR count). The third-order valence-corrected chi connectivity index (χ3v) is 2.79. The van der Waals surface area contributed by atoms with E-state index in [1.807, 2.05) is 0 Å². The van der Waals surface area contributed by atoms with Crippen molar-refractivity contribution in [1.82, 2.24) is 4.98 Å². The van der Waals surface area contributed by atoms with Crippen LogP contribution in [-0.2, 0) is 4.79 Å². The van der Waals surface area contributed by atoms with E-state index in [1.54, 1.807) is 6.07 Å². The minimum Gasteiger partial charge on any atom is -0.391 e. The number of hydrogen-bond donors (Lipinski definition) is 1. The van der Waals surface area contributed by atoms with Crippen molar-refractivity contribution in [1.29, 1.82) is 0 Å². The van der Waals surface area contributed by atoms with Gasteiger partial charge in [-0.2, -0.15) is 0 Å². The van der Waals surface area contributed by atoms with Crippen LogP contribution in [0.1, 0.15) is 6.42 Å². The number of aliphatic hydroxyl groups excluding tert-OH is 1. The van der Waals surface area contributed by atoms with Crippen LogP contribution in [0.15, 0.2) is 12.3 Å². The topological polar surface area (TPSA) is 53.4 Å². The quantitative estimate of drug-likeness (QED) is 0.765. The van der Waals surface area contributed by atoms with Crippen molar-refractivity contribution in [3.63, 3.8) is 0 Å². The number of pyridine rings is 1. The molecule has 0 aromatic carbocycles. The molecule has 1 aromatic heterocycles. The fraction of sp³-hybridized carbons (Fsp3) is 0.333. The molecule has 1 aliphatic rings. The van der Waals surface area contributed by atoms with E-state index in [0.29, 0.717) is 10.7 Å². The molecule has 6 heteroatoms. The molecule has 1 fully saturated rings. The first-order valence-corrected chi connectivity index (χ1v) is 5.13. The number of hydrogen-bond acceptors (Lipinski definition) is 3. The van der Waals surface area contributed by atoms with E-state index >= 15 is 0 Å². The number of halogens is 2. The Labute approximate surface area is 96.4 Å². The summed E-state index contributed by atoms with van der Waals surface area (Å²) in [4.78, 5) is 16.7. The predicted molar refractivity (Wildman–Crippen MR) is 57.2 cm³/mol. The second-order valence-corrected chi connectivity index (χ2v) is 4.06. The third-order valence-electron chi connectivity index (χ3n) is 2.20. The Hall–Kier alpha value is -0.840. The van der Waals surface area contributed by atoms with Crippen molar-refractivity contribution in [2.24, 2.45) is 0 Å². The largest absolute Gasteiger partial charge is 0.391 e. The van der Waals surface area contributed by atoms with E-state index in [4.69, 9.17) is 23.2 Å². The Kier molecular flexibility index (Phi) is 2.82. The standard InChI is InChI=1S/C9H8Cl2N2O2/c10-6-1-2-12-9(11)8(6)13-4-5(14)3-7(13)15/h1-2,5,14H,3-4H2. The summed E-state index contributed by atoms with van der Waals surface area (Å²) in [6.07, 6.45) is 0.900. The number of carbonyl (C=O) groups excluding carboxylic acids is 1. The summed E-state index contributed by atoms with van der Waals surface area (Å²) < 4.78 is 0. The summed E-state index contributed by atoms with van der Waals surface area (Å²) in [6, 6.07) is 1.56. The molecule has 0 saturated carbocycles. The lowest BCUT2D eigenvalue weighted by Crippen LogP contribution is -2.26. The summed E-state index contributed by atoms with van der Waals surface area (Å²) in [7, 11) is 0. The first-order valence-electron chi connectivity index (χ1n) is 4.38. The molecular formula is C9H8Cl2N2O2. The van der Waals surface area contributed by atoms with E-state index < -0.39 is 6.10 Å². The minimum atomic E-state index is -0.662. The molecule has 80 valence electrons. The molecule has 1 saturated heterocycles. The van der Waals surface area contributed by atoms with Gasteiger partial charge in [0.1, 0.15) is 5.69 Å². The zero-order chi connectivity index (χ0) is 11.0. The number of anilines is 1. The molecule has 15 heavy (non-hydrogen) atoms. The maximum absolute atomic E-state index is 11.5. The Morgan fingerprint density at radius 1 is 1.53 bits per heavy atom. The van der Waals surface area contributed by atoms with E-state index in [0.717, 1.165) is 0 Å². The van der Waals surface area contributed by atoms with Crippen LogP contribution in [0.5, 0.6) is 0 Å². The molecule has 0 radical (unpaired) electrons. The molecule has 2 heterocycles. The summed E-state index contributed by atoms with van der Waals surface area (Å²) >= 11 is 11.8. The van der Waals surface area contributed by atoms with Gasteiger partial charge in [-0.15, -0.1) is 0 Å². The smallest absolute Gasteiger partial charge is 0.229 e. The minimum absolute atomic E-state index is 0.0988. The summed E-state index contributed by atoms with van der Waals surface area (Å²) in [5, 5.41) is 9.87. The van der Waals surface area contributed by atoms with Gasteiger partial charge in [0.25, 0.3) is 0 Å². The lowest BCUT2D eigenvalue weighted by atomic mass is 10.3. The first-order chi connectivity index (χ1) is 7.09. The molecule has 1 aromatic rings. The first kappa shape index (κ1) is 10.7. The Bertz CT molecular complexity index is 391. The van der Waals surface area contributed by atoms with Crippen LogP contribution in [0.25, 0.3) is 0 Å². The third kappa shape index (κ3) is 1.93. The van der Waals surface area contributed by atoms with Crippen molar-refractivity contribution in [2.45, 2.75) is 12.5 Å². The van der Waals surface area contributed by atoms with Crippen LogP contribution in [0.2, 0.25) is 10.2 Å². The molecule has 1 N–H and O–H groups in total. The highest BCUT2D eigenvalue weighted by atomic mass is 35.5. The molecule has 0 aliphatic carbocycles. The molecule has 1 unspecified atom stereocenters. The fourth-order valence-corrected chi connectivity index (χ4v) is 2.11. The zero-order valence-electron chi connectivity index (χ0n) is 7.65. The summed E-state index contributed by atoms with van der Waals surface area (Å²) in [5.74, 6) is -0.195. The highest BCUT2D eigenvalue weighted by Gasteiger charge is 2.31. The van der Waals surface area contributed by atoms with E-state index in [9.17, 15) is 9.90 Å². The average Bonchev–Trinajstić information content (AvgIpc) is 2.45. The Morgan fingerprint density at radius 2 is 2.27 bits per heavy atom. The SMILES string of the molecule is O=C1CC(O)CN1c1c(Cl)ccnc1Cl. The lowest BCUT2D eigenvalue weighted by molar-refractivity contribution is -0.117. The number of aliphatic hydroxyl groups is 1. The zero-order valence-corrected chi connectivity index (χ0v) is 9.16. The van der Waals surface area contributed by atoms with Crippen molar-refractivity contribution in [3.8, 4) is 0 Å². The van der Waals surface area contributed by atoms with Crippen LogP contribution in [0.3, 0.4) is 0 Å². The summed E-state index contributed by atoms with van der Waals surface area (Å²) in [5.41, 5.74) is 0.377. The lowest BCUT2D eigenvalue weighted by Gasteiger charge is -2.17. The number of amides is 1. The van der Waals surface area contributed by atoms with Gasteiger partial charge in [0.2, 0.25) is 5.91 Å². The van der Waals surface area contributed by atoms with Crippen LogP contribution >= 0.6 is 23.2 Å². The monoisotopic (exact) mass is 246 g/mol. The van der Waals surface area contributed by atoms with E-state index in [-0.39, 0.29) is 24.0 Å². The second kappa shape index (κ2) is 3.96. The molecule has 1 aliphatic heterocycles. The Balaban J connectivity index is 2.41. The van der Waals surface area contributed by atoms with Crippen LogP contribution in [-0.4, -0.2) is 28.6 Å². The van der Waals surface area contributed by atoms with Gasteiger partial charge in [-0.3, -0.25) is 4.79 Å².